The minimum Gasteiger partial charge on any atom is -0.495 e. The Morgan fingerprint density at radius 3 is 3.00 bits per heavy atom. The number of aromatic nitrogens is 1. The molecule has 2 rings (SSSR count). The topological polar surface area (TPSA) is 68.4 Å². The van der Waals surface area contributed by atoms with Crippen LogP contribution in [0.25, 0.3) is 10.2 Å². The van der Waals surface area contributed by atoms with Crippen LogP contribution in [0.4, 0.5) is 5.69 Å². The third kappa shape index (κ3) is 1.30. The van der Waals surface area contributed by atoms with Crippen LogP contribution in [0, 0.1) is 0 Å². The van der Waals surface area contributed by atoms with Crippen molar-refractivity contribution in [3.8, 4) is 5.75 Å². The van der Waals surface area contributed by atoms with Gasteiger partial charge >= 0.3 is 0 Å². The number of hydrogen-bond acceptors (Lipinski definition) is 5. The summed E-state index contributed by atoms with van der Waals surface area (Å²) in [5.74, 6) is 0.618. The minimum atomic E-state index is -0.0545. The molecule has 0 fully saturated rings. The van der Waals surface area contributed by atoms with Crippen LogP contribution in [0.1, 0.15) is 5.01 Å². The number of anilines is 1. The highest BCUT2D eigenvalue weighted by atomic mass is 32.1. The Hall–Kier alpha value is -1.33. The number of fused-ring (bicyclic) bond motifs is 1. The number of nitrogens with zero attached hydrogens (tertiary/aromatic N) is 1. The molecule has 2 aromatic rings. The Labute approximate surface area is 85.0 Å². The summed E-state index contributed by atoms with van der Waals surface area (Å²) < 4.78 is 6.04. The Kier molecular flexibility index (Phi) is 2.26. The van der Waals surface area contributed by atoms with Crippen molar-refractivity contribution in [1.82, 2.24) is 4.98 Å². The lowest BCUT2D eigenvalue weighted by Crippen LogP contribution is -1.93. The van der Waals surface area contributed by atoms with E-state index in [0.29, 0.717) is 22.0 Å². The number of nitrogen functional groups attached to an aromatic ring is 1. The van der Waals surface area contributed by atoms with Crippen molar-refractivity contribution in [2.24, 2.45) is 0 Å². The van der Waals surface area contributed by atoms with E-state index in [4.69, 9.17) is 15.6 Å². The third-order valence-corrected chi connectivity index (χ3v) is 2.96. The average Bonchev–Trinajstić information content (AvgIpc) is 2.62. The molecule has 0 atom stereocenters. The van der Waals surface area contributed by atoms with Crippen LogP contribution in [-0.4, -0.2) is 17.2 Å². The zero-order chi connectivity index (χ0) is 10.1. The van der Waals surface area contributed by atoms with E-state index < -0.39 is 0 Å². The SMILES string of the molecule is COc1ccc2sc(CO)nc2c1N. The number of methoxy groups -OCH3 is 1. The van der Waals surface area contributed by atoms with Crippen LogP contribution in [-0.2, 0) is 6.61 Å². The highest BCUT2D eigenvalue weighted by Crippen LogP contribution is 2.33. The van der Waals surface area contributed by atoms with Crippen molar-refractivity contribution in [1.29, 1.82) is 0 Å². The van der Waals surface area contributed by atoms with Gasteiger partial charge in [0, 0.05) is 0 Å². The monoisotopic (exact) mass is 210 g/mol. The lowest BCUT2D eigenvalue weighted by Gasteiger charge is -2.02. The molecule has 3 N–H and O–H groups in total. The molecular weight excluding hydrogens is 200 g/mol. The van der Waals surface area contributed by atoms with Gasteiger partial charge < -0.3 is 15.6 Å². The summed E-state index contributed by atoms with van der Waals surface area (Å²) in [6.45, 7) is -0.0545. The number of aliphatic hydroxyl groups excluding tert-OH is 1. The number of thiazole rings is 1. The molecule has 4 nitrogen and oxygen atoms in total. The number of benzene rings is 1. The second kappa shape index (κ2) is 3.43. The van der Waals surface area contributed by atoms with E-state index in [1.54, 1.807) is 13.2 Å². The molecule has 0 unspecified atom stereocenters. The van der Waals surface area contributed by atoms with Crippen LogP contribution >= 0.6 is 11.3 Å². The Morgan fingerprint density at radius 2 is 2.36 bits per heavy atom. The van der Waals surface area contributed by atoms with E-state index in [0.717, 1.165) is 4.70 Å². The first-order valence-corrected chi connectivity index (χ1v) is 4.90. The summed E-state index contributed by atoms with van der Waals surface area (Å²) in [4.78, 5) is 4.20. The van der Waals surface area contributed by atoms with Gasteiger partial charge in [-0.25, -0.2) is 4.98 Å². The number of aliphatic hydroxyl groups is 1. The third-order valence-electron chi connectivity index (χ3n) is 1.96. The van der Waals surface area contributed by atoms with Crippen molar-refractivity contribution in [3.63, 3.8) is 0 Å². The summed E-state index contributed by atoms with van der Waals surface area (Å²) in [6.07, 6.45) is 0. The van der Waals surface area contributed by atoms with Crippen LogP contribution < -0.4 is 10.5 Å². The molecule has 0 saturated heterocycles. The van der Waals surface area contributed by atoms with Crippen LogP contribution in [0.3, 0.4) is 0 Å². The second-order valence-electron chi connectivity index (χ2n) is 2.79. The highest BCUT2D eigenvalue weighted by Gasteiger charge is 2.09. The molecule has 0 spiro atoms. The van der Waals surface area contributed by atoms with Gasteiger partial charge in [-0.15, -0.1) is 11.3 Å². The summed E-state index contributed by atoms with van der Waals surface area (Å²) >= 11 is 1.43. The fraction of sp³-hybridized carbons (Fsp3) is 0.222. The number of ether oxygens (including phenoxy) is 1. The highest BCUT2D eigenvalue weighted by molar-refractivity contribution is 7.18. The molecule has 0 aliphatic rings. The average molecular weight is 210 g/mol. The van der Waals surface area contributed by atoms with E-state index in [2.05, 4.69) is 4.98 Å². The van der Waals surface area contributed by atoms with Crippen LogP contribution in [0.15, 0.2) is 12.1 Å². The molecule has 1 heterocycles. The predicted molar refractivity (Wildman–Crippen MR) is 56.5 cm³/mol. The normalized spacial score (nSPS) is 10.7. The maximum absolute atomic E-state index is 8.93. The van der Waals surface area contributed by atoms with Crippen molar-refractivity contribution < 1.29 is 9.84 Å². The molecule has 0 saturated carbocycles. The summed E-state index contributed by atoms with van der Waals surface area (Å²) in [5.41, 5.74) is 7.07. The molecule has 1 aromatic heterocycles. The van der Waals surface area contributed by atoms with E-state index in [9.17, 15) is 0 Å². The Morgan fingerprint density at radius 1 is 1.57 bits per heavy atom. The van der Waals surface area contributed by atoms with Crippen molar-refractivity contribution in [2.45, 2.75) is 6.61 Å². The van der Waals surface area contributed by atoms with Gasteiger partial charge in [0.15, 0.2) is 0 Å². The Bertz CT molecular complexity index is 467. The number of hydrogen-bond donors (Lipinski definition) is 2. The van der Waals surface area contributed by atoms with Crippen LogP contribution in [0.2, 0.25) is 0 Å². The van der Waals surface area contributed by atoms with Crippen molar-refractivity contribution in [2.75, 3.05) is 12.8 Å². The van der Waals surface area contributed by atoms with Gasteiger partial charge in [-0.1, -0.05) is 0 Å². The summed E-state index contributed by atoms with van der Waals surface area (Å²) in [6, 6.07) is 3.69. The van der Waals surface area contributed by atoms with Gasteiger partial charge in [0.25, 0.3) is 0 Å². The molecule has 0 aliphatic heterocycles. The minimum absolute atomic E-state index is 0.0545. The Balaban J connectivity index is 2.68. The molecule has 0 aliphatic carbocycles. The zero-order valence-electron chi connectivity index (χ0n) is 7.65. The van der Waals surface area contributed by atoms with Gasteiger partial charge in [-0.05, 0) is 12.1 Å². The van der Waals surface area contributed by atoms with Gasteiger partial charge in [-0.2, -0.15) is 0 Å². The first-order chi connectivity index (χ1) is 6.76. The zero-order valence-corrected chi connectivity index (χ0v) is 8.47. The molecule has 0 amide bonds. The lowest BCUT2D eigenvalue weighted by atomic mass is 10.2. The van der Waals surface area contributed by atoms with Crippen molar-refractivity contribution >= 4 is 27.2 Å². The lowest BCUT2D eigenvalue weighted by molar-refractivity contribution is 0.281. The summed E-state index contributed by atoms with van der Waals surface area (Å²) in [5, 5.41) is 9.60. The standard InChI is InChI=1S/C9H10N2O2S/c1-13-5-2-3-6-9(8(5)10)11-7(4-12)14-6/h2-3,12H,4,10H2,1H3. The van der Waals surface area contributed by atoms with E-state index in [1.807, 2.05) is 6.07 Å². The maximum Gasteiger partial charge on any atom is 0.144 e. The first kappa shape index (κ1) is 9.23. The number of nitrogens with two attached hydrogens (primary N) is 1. The van der Waals surface area contributed by atoms with Crippen molar-refractivity contribution in [3.05, 3.63) is 17.1 Å². The van der Waals surface area contributed by atoms with Gasteiger partial charge in [0.1, 0.15) is 22.0 Å². The number of rotatable bonds is 2. The van der Waals surface area contributed by atoms with E-state index in [-0.39, 0.29) is 6.61 Å². The second-order valence-corrected chi connectivity index (χ2v) is 3.91. The van der Waals surface area contributed by atoms with Gasteiger partial charge in [0.2, 0.25) is 0 Å². The smallest absolute Gasteiger partial charge is 0.144 e. The fourth-order valence-corrected chi connectivity index (χ4v) is 2.13. The first-order valence-electron chi connectivity index (χ1n) is 4.09. The van der Waals surface area contributed by atoms with Gasteiger partial charge in [-0.3, -0.25) is 0 Å². The molecular formula is C9H10N2O2S. The molecule has 0 bridgehead atoms. The quantitative estimate of drug-likeness (QED) is 0.735. The predicted octanol–water partition coefficient (Wildman–Crippen LogP) is 1.38. The molecule has 0 radical (unpaired) electrons. The molecule has 1 aromatic carbocycles. The maximum atomic E-state index is 8.93. The largest absolute Gasteiger partial charge is 0.495 e. The molecule has 74 valence electrons. The van der Waals surface area contributed by atoms with E-state index in [1.165, 1.54) is 11.3 Å². The van der Waals surface area contributed by atoms with Crippen LogP contribution in [0.5, 0.6) is 5.75 Å². The summed E-state index contributed by atoms with van der Waals surface area (Å²) in [7, 11) is 1.57. The fourth-order valence-electron chi connectivity index (χ4n) is 1.29. The van der Waals surface area contributed by atoms with Gasteiger partial charge in [0.05, 0.1) is 18.4 Å². The molecule has 5 heteroatoms. The molecule has 14 heavy (non-hydrogen) atoms. The van der Waals surface area contributed by atoms with E-state index >= 15 is 0 Å².